The highest BCUT2D eigenvalue weighted by atomic mass is 32.2. The lowest BCUT2D eigenvalue weighted by Gasteiger charge is -2.35. The van der Waals surface area contributed by atoms with Gasteiger partial charge in [-0.15, -0.1) is 0 Å². The van der Waals surface area contributed by atoms with Crippen LogP contribution in [0.15, 0.2) is 115 Å². The van der Waals surface area contributed by atoms with Crippen LogP contribution in [-0.4, -0.2) is 181 Å². The zero-order valence-electron chi connectivity index (χ0n) is 54.9. The van der Waals surface area contributed by atoms with Crippen LogP contribution >= 0.6 is 23.5 Å². The molecule has 4 heterocycles. The summed E-state index contributed by atoms with van der Waals surface area (Å²) in [6.45, 7) is 3.96. The largest absolute Gasteiger partial charge is 0.508 e. The number of hydrogen-bond acceptors (Lipinski definition) is 15. The number of thioether (sulfide) groups is 2. The van der Waals surface area contributed by atoms with Gasteiger partial charge < -0.3 is 72.6 Å². The van der Waals surface area contributed by atoms with Crippen molar-refractivity contribution in [3.05, 3.63) is 155 Å². The third-order valence-electron chi connectivity index (χ3n) is 16.7. The fraction of sp³-hybridized carbons (Fsp3) is 0.391. The van der Waals surface area contributed by atoms with Gasteiger partial charge in [-0.05, 0) is 110 Å². The molecule has 0 bridgehead atoms. The van der Waals surface area contributed by atoms with Crippen molar-refractivity contribution in [2.45, 2.75) is 131 Å². The number of aliphatic carboxylic acids is 1. The number of imidazole rings is 1. The highest BCUT2D eigenvalue weighted by molar-refractivity contribution is 7.98. The lowest BCUT2D eigenvalue weighted by Crippen LogP contribution is -2.61. The minimum absolute atomic E-state index is 0.0658. The summed E-state index contributed by atoms with van der Waals surface area (Å²) in [5, 5.41) is 42.4. The Hall–Kier alpha value is -9.94. The molecule has 1 aliphatic rings. The van der Waals surface area contributed by atoms with E-state index in [1.807, 2.05) is 37.9 Å². The summed E-state index contributed by atoms with van der Waals surface area (Å²) >= 11 is 3.41. The molecular formula is C69H82F2N14O12S2. The van der Waals surface area contributed by atoms with Gasteiger partial charge in [0.05, 0.1) is 24.8 Å². The highest BCUT2D eigenvalue weighted by Gasteiger charge is 2.42. The van der Waals surface area contributed by atoms with Gasteiger partial charge in [0.25, 0.3) is 0 Å². The molecule has 3 aromatic heterocycles. The number of aromatic hydroxyl groups is 1. The second kappa shape index (κ2) is 36.6. The molecule has 0 spiro atoms. The van der Waals surface area contributed by atoms with Crippen LogP contribution in [0.4, 0.5) is 8.78 Å². The first-order chi connectivity index (χ1) is 47.6. The van der Waals surface area contributed by atoms with Crippen molar-refractivity contribution in [3.63, 3.8) is 0 Å². The molecule has 0 saturated carbocycles. The first-order valence-electron chi connectivity index (χ1n) is 32.4. The molecule has 1 saturated heterocycles. The number of aromatic nitrogens is 4. The number of nitrogens with one attached hydrogen (secondary N) is 11. The number of aliphatic imine (C=N–C) groups is 1. The van der Waals surface area contributed by atoms with E-state index in [4.69, 9.17) is 0 Å². The lowest BCUT2D eigenvalue weighted by atomic mass is 9.98. The Kier molecular flexibility index (Phi) is 27.7. The second-order valence-corrected chi connectivity index (χ2v) is 26.5. The van der Waals surface area contributed by atoms with E-state index in [0.29, 0.717) is 70.4 Å². The van der Waals surface area contributed by atoms with E-state index in [1.165, 1.54) is 90.1 Å². The topological polar surface area (TPSA) is 383 Å². The molecular weight excluding hydrogens is 1320 g/mol. The van der Waals surface area contributed by atoms with Gasteiger partial charge >= 0.3 is 5.97 Å². The van der Waals surface area contributed by atoms with Gasteiger partial charge in [-0.1, -0.05) is 49.7 Å². The molecule has 30 heteroatoms. The number of halogens is 2. The Morgan fingerprint density at radius 3 is 1.84 bits per heavy atom. The van der Waals surface area contributed by atoms with Crippen LogP contribution in [0.25, 0.3) is 21.8 Å². The van der Waals surface area contributed by atoms with Gasteiger partial charge in [-0.25, -0.2) is 18.8 Å². The van der Waals surface area contributed by atoms with Crippen LogP contribution in [0.1, 0.15) is 85.9 Å². The third-order valence-corrected chi connectivity index (χ3v) is 18.8. The fourth-order valence-corrected chi connectivity index (χ4v) is 13.4. The van der Waals surface area contributed by atoms with Crippen LogP contribution in [0.5, 0.6) is 5.75 Å². The molecule has 9 amide bonds. The molecule has 26 nitrogen and oxygen atoms in total. The normalized spacial score (nSPS) is 15.5. The number of amides is 9. The average molecular weight is 1400 g/mol. The molecule has 1 aliphatic heterocycles. The lowest BCUT2D eigenvalue weighted by molar-refractivity contribution is -0.142. The molecule has 7 aromatic rings. The van der Waals surface area contributed by atoms with Crippen LogP contribution in [-0.2, 0) is 85.1 Å². The maximum absolute atomic E-state index is 15.0. The summed E-state index contributed by atoms with van der Waals surface area (Å²) < 4.78 is 29.8. The van der Waals surface area contributed by atoms with E-state index in [1.54, 1.807) is 30.8 Å². The molecule has 13 N–H and O–H groups in total. The Balaban J connectivity index is 1.00. The van der Waals surface area contributed by atoms with Gasteiger partial charge in [0.15, 0.2) is 0 Å². The van der Waals surface area contributed by atoms with Gasteiger partial charge in [0.1, 0.15) is 53.6 Å². The maximum atomic E-state index is 15.0. The summed E-state index contributed by atoms with van der Waals surface area (Å²) in [5.41, 5.74) is 3.59. The third kappa shape index (κ3) is 22.0. The Morgan fingerprint density at radius 1 is 0.677 bits per heavy atom. The van der Waals surface area contributed by atoms with Crippen LogP contribution in [0, 0.1) is 11.6 Å². The monoisotopic (exact) mass is 1400 g/mol. The van der Waals surface area contributed by atoms with Crippen molar-refractivity contribution < 1.29 is 66.9 Å². The molecule has 7 atom stereocenters. The highest BCUT2D eigenvalue weighted by Crippen LogP contribution is 2.30. The molecule has 0 radical (unpaired) electrons. The predicted octanol–water partition coefficient (Wildman–Crippen LogP) is 4.31. The van der Waals surface area contributed by atoms with E-state index in [2.05, 4.69) is 79.6 Å². The van der Waals surface area contributed by atoms with E-state index >= 15 is 4.79 Å². The van der Waals surface area contributed by atoms with Crippen LogP contribution in [0.2, 0.25) is 0 Å². The minimum Gasteiger partial charge on any atom is -0.508 e. The van der Waals surface area contributed by atoms with E-state index in [-0.39, 0.29) is 61.3 Å². The first-order valence-corrected chi connectivity index (χ1v) is 34.7. The summed E-state index contributed by atoms with van der Waals surface area (Å²) in [6.07, 6.45) is 6.71. The van der Waals surface area contributed by atoms with Gasteiger partial charge in [0.2, 0.25) is 53.7 Å². The van der Waals surface area contributed by atoms with Gasteiger partial charge in [-0.3, -0.25) is 47.9 Å². The number of hydrogen-bond donors (Lipinski definition) is 13. The number of phenols is 1. The van der Waals surface area contributed by atoms with Crippen LogP contribution < -0.4 is 42.5 Å². The van der Waals surface area contributed by atoms with Gasteiger partial charge in [0, 0.05) is 121 Å². The number of carboxylic acid groups (broad SMARTS) is 1. The van der Waals surface area contributed by atoms with Crippen molar-refractivity contribution in [2.75, 3.05) is 38.2 Å². The number of carbonyl (C=O) groups is 10. The van der Waals surface area contributed by atoms with Crippen molar-refractivity contribution in [1.29, 1.82) is 0 Å². The van der Waals surface area contributed by atoms with E-state index in [9.17, 15) is 62.1 Å². The molecule has 526 valence electrons. The average Bonchev–Trinajstić information content (AvgIpc) is 1.73. The number of likely N-dealkylation sites (tertiary alicyclic amines) is 1. The molecule has 0 aliphatic carbocycles. The Labute approximate surface area is 578 Å². The zero-order chi connectivity index (χ0) is 71.0. The molecule has 0 unspecified atom stereocenters. The molecule has 4 aromatic carbocycles. The van der Waals surface area contributed by atoms with E-state index < -0.39 is 120 Å². The summed E-state index contributed by atoms with van der Waals surface area (Å²) in [5.74, 6) is -6.80. The minimum atomic E-state index is -2.00. The second-order valence-electron chi connectivity index (χ2n) is 24.3. The maximum Gasteiger partial charge on any atom is 0.305 e. The Morgan fingerprint density at radius 2 is 1.25 bits per heavy atom. The van der Waals surface area contributed by atoms with Crippen molar-refractivity contribution in [3.8, 4) is 5.75 Å². The number of phenolic OH excluding ortho intramolecular Hbond substituents is 1. The molecule has 1 fully saturated rings. The van der Waals surface area contributed by atoms with Crippen molar-refractivity contribution in [1.82, 2.24) is 67.4 Å². The number of nitrogens with zero attached hydrogens (tertiary/aromatic N) is 3. The number of H-pyrrole nitrogens is 3. The SMILES string of the molecule is CCC[C@H](NC(=O)CCSCc1cccc(CSCCNC)c1)C(=O)NCC(=O)N[C@@H](Cc1c[nH]c2ccc(F)cc12)C(=O)N[C@@H](Cc1c[nH]c2ccc(F)cc12)C(=O)N[C@@H](CC(=O)O)C(=O)N[C@@H](Cc1cnc[nH]1)C(=O)N[C@@H](Cc1ccc(O)cc1)C(=O)N1CCC[C@@]1(C)C=NC=O. The molecule has 8 rings (SSSR count). The Bertz CT molecular complexity index is 4000. The predicted molar refractivity (Wildman–Crippen MR) is 371 cm³/mol. The van der Waals surface area contributed by atoms with Crippen molar-refractivity contribution in [2.24, 2.45) is 4.99 Å². The number of aromatic amines is 3. The number of carbonyl (C=O) groups excluding carboxylic acids is 9. The number of carboxylic acids is 1. The van der Waals surface area contributed by atoms with Crippen molar-refractivity contribution >= 4 is 111 Å². The fourth-order valence-electron chi connectivity index (χ4n) is 11.6. The smallest absolute Gasteiger partial charge is 0.305 e. The van der Waals surface area contributed by atoms with E-state index in [0.717, 1.165) is 23.6 Å². The van der Waals surface area contributed by atoms with Gasteiger partial charge in [-0.2, -0.15) is 23.5 Å². The quantitative estimate of drug-likeness (QED) is 0.0146. The number of fused-ring (bicyclic) bond motifs is 2. The number of rotatable bonds is 38. The first kappa shape index (κ1) is 74.8. The summed E-state index contributed by atoms with van der Waals surface area (Å²) in [7, 11) is 1.92. The summed E-state index contributed by atoms with van der Waals surface area (Å²) in [4.78, 5) is 157. The standard InChI is InChI=1S/C69H82F2N14O12S2/c1-4-7-54(79-60(88)18-22-98-36-42-8-5-9-43(24-42)37-99-23-20-72-3)63(92)77-35-61(89)80-55(26-44-32-75-52-16-12-46(70)28-50(44)52)64(93)81-56(27-45-33-76-53-17-13-47(71)29-51(45)53)65(94)83-58(31-62(90)91)67(96)82-57(30-48-34-73-39-78-48)66(95)84-59(25-41-10-14-49(87)15-11-41)68(97)85-21-6-19-69(85,2)38-74-40-86/h5,8-17,24,28-29,32-34,38-40,54-59,72,75-76,87H,4,6-7,18-23,25-27,30-31,35-37H2,1-3H3,(H,73,78)(H,77,92)(H,79,88)(H,80,89)(H,81,93)(H,82,96)(H,83,94)(H,84,95)(H,90,91)/t54-,55-,56-,57-,58-,59-,69-/m0/s1. The molecule has 99 heavy (non-hydrogen) atoms. The zero-order valence-corrected chi connectivity index (χ0v) is 56.6. The van der Waals surface area contributed by atoms with Crippen LogP contribution in [0.3, 0.4) is 0 Å². The number of benzene rings is 4. The summed E-state index contributed by atoms with van der Waals surface area (Å²) in [6, 6.07) is 12.5.